The summed E-state index contributed by atoms with van der Waals surface area (Å²) in [5, 5.41) is 2.89. The van der Waals surface area contributed by atoms with Gasteiger partial charge in [-0.3, -0.25) is 9.10 Å². The first-order valence-corrected chi connectivity index (χ1v) is 10.2. The van der Waals surface area contributed by atoms with Crippen LogP contribution in [-0.4, -0.2) is 44.3 Å². The molecule has 1 aliphatic heterocycles. The summed E-state index contributed by atoms with van der Waals surface area (Å²) in [6.45, 7) is 6.89. The van der Waals surface area contributed by atoms with E-state index in [2.05, 4.69) is 5.32 Å². The fourth-order valence-electron chi connectivity index (χ4n) is 2.81. The van der Waals surface area contributed by atoms with Crippen molar-refractivity contribution in [3.05, 3.63) is 29.8 Å². The number of nitrogens with zero attached hydrogens (tertiary/aromatic N) is 2. The van der Waals surface area contributed by atoms with Crippen molar-refractivity contribution >= 4 is 21.8 Å². The molecule has 1 aromatic carbocycles. The molecular weight excluding hydrogens is 338 g/mol. The molecule has 0 aromatic heterocycles. The molecule has 1 heterocycles. The first-order valence-electron chi connectivity index (χ1n) is 8.78. The van der Waals surface area contributed by atoms with Crippen molar-refractivity contribution in [2.75, 3.05) is 24.4 Å². The lowest BCUT2D eigenvalue weighted by Gasteiger charge is -2.28. The number of carbonyl (C=O) groups is 1. The maximum atomic E-state index is 12.8. The van der Waals surface area contributed by atoms with E-state index in [4.69, 9.17) is 0 Å². The van der Waals surface area contributed by atoms with E-state index in [1.807, 2.05) is 20.8 Å². The van der Waals surface area contributed by atoms with Crippen molar-refractivity contribution in [2.24, 2.45) is 0 Å². The van der Waals surface area contributed by atoms with E-state index in [9.17, 15) is 13.2 Å². The number of hydrogen-bond donors (Lipinski definition) is 1. The summed E-state index contributed by atoms with van der Waals surface area (Å²) in [5.74, 6) is -0.169. The van der Waals surface area contributed by atoms with Gasteiger partial charge in [0.25, 0.3) is 5.91 Å². The Morgan fingerprint density at radius 1 is 1.04 bits per heavy atom. The molecule has 25 heavy (non-hydrogen) atoms. The maximum Gasteiger partial charge on any atom is 0.303 e. The summed E-state index contributed by atoms with van der Waals surface area (Å²) in [5.41, 5.74) is 0.749. The third-order valence-corrected chi connectivity index (χ3v) is 6.14. The van der Waals surface area contributed by atoms with E-state index in [0.29, 0.717) is 24.3 Å². The van der Waals surface area contributed by atoms with Crippen molar-refractivity contribution in [1.29, 1.82) is 0 Å². The Hall–Kier alpha value is -1.60. The minimum absolute atomic E-state index is 0.169. The van der Waals surface area contributed by atoms with E-state index in [1.165, 1.54) is 4.31 Å². The van der Waals surface area contributed by atoms with Gasteiger partial charge in [-0.05, 0) is 57.9 Å². The molecule has 0 radical (unpaired) electrons. The van der Waals surface area contributed by atoms with Gasteiger partial charge in [-0.2, -0.15) is 12.7 Å². The van der Waals surface area contributed by atoms with E-state index >= 15 is 0 Å². The van der Waals surface area contributed by atoms with Crippen molar-refractivity contribution in [1.82, 2.24) is 9.62 Å². The summed E-state index contributed by atoms with van der Waals surface area (Å²) in [6.07, 6.45) is 3.96. The van der Waals surface area contributed by atoms with E-state index in [0.717, 1.165) is 25.7 Å². The highest BCUT2D eigenvalue weighted by molar-refractivity contribution is 7.90. The summed E-state index contributed by atoms with van der Waals surface area (Å²) in [7, 11) is -1.97. The quantitative estimate of drug-likeness (QED) is 0.890. The molecule has 2 rings (SSSR count). The average molecular weight is 368 g/mol. The van der Waals surface area contributed by atoms with Gasteiger partial charge in [0.2, 0.25) is 0 Å². The van der Waals surface area contributed by atoms with Crippen LogP contribution in [0.4, 0.5) is 5.69 Å². The fourth-order valence-corrected chi connectivity index (χ4v) is 4.27. The summed E-state index contributed by atoms with van der Waals surface area (Å²) >= 11 is 0. The number of carbonyl (C=O) groups excluding carboxylic acids is 1. The van der Waals surface area contributed by atoms with Gasteiger partial charge in [-0.15, -0.1) is 0 Å². The molecule has 7 heteroatoms. The standard InChI is InChI=1S/C18H29N3O3S/c1-18(2,3)19-17(22)15-9-11-16(12-10-15)20(4)25(23,24)21-13-7-5-6-8-14-21/h9-12H,5-8,13-14H2,1-4H3,(H,19,22). The molecule has 1 aliphatic rings. The number of nitrogens with one attached hydrogen (secondary N) is 1. The van der Waals surface area contributed by atoms with Gasteiger partial charge >= 0.3 is 10.2 Å². The first-order chi connectivity index (χ1) is 11.6. The zero-order valence-corrected chi connectivity index (χ0v) is 16.4. The lowest BCUT2D eigenvalue weighted by Crippen LogP contribution is -2.42. The maximum absolute atomic E-state index is 12.8. The van der Waals surface area contributed by atoms with E-state index in [-0.39, 0.29) is 11.4 Å². The van der Waals surface area contributed by atoms with Crippen LogP contribution >= 0.6 is 0 Å². The molecule has 0 saturated carbocycles. The summed E-state index contributed by atoms with van der Waals surface area (Å²) < 4.78 is 28.5. The second-order valence-electron chi connectivity index (χ2n) is 7.54. The van der Waals surface area contributed by atoms with Gasteiger partial charge in [-0.1, -0.05) is 12.8 Å². The molecule has 0 spiro atoms. The van der Waals surface area contributed by atoms with Gasteiger partial charge in [0.15, 0.2) is 0 Å². The van der Waals surface area contributed by atoms with Crippen LogP contribution in [-0.2, 0) is 10.2 Å². The Morgan fingerprint density at radius 3 is 2.04 bits per heavy atom. The van der Waals surface area contributed by atoms with Crippen LogP contribution in [0.3, 0.4) is 0 Å². The number of hydrogen-bond acceptors (Lipinski definition) is 3. The first kappa shape index (κ1) is 19.7. The topological polar surface area (TPSA) is 69.7 Å². The highest BCUT2D eigenvalue weighted by atomic mass is 32.2. The molecule has 1 fully saturated rings. The van der Waals surface area contributed by atoms with Crippen LogP contribution in [0, 0.1) is 0 Å². The van der Waals surface area contributed by atoms with Crippen LogP contribution in [0.15, 0.2) is 24.3 Å². The van der Waals surface area contributed by atoms with Gasteiger partial charge in [0, 0.05) is 31.2 Å². The predicted octanol–water partition coefficient (Wildman–Crippen LogP) is 2.77. The number of amides is 1. The normalized spacial score (nSPS) is 17.0. The zero-order chi connectivity index (χ0) is 18.7. The molecular formula is C18H29N3O3S. The third kappa shape index (κ3) is 5.19. The zero-order valence-electron chi connectivity index (χ0n) is 15.6. The average Bonchev–Trinajstić information content (AvgIpc) is 2.82. The number of anilines is 1. The molecule has 140 valence electrons. The molecule has 1 amide bonds. The van der Waals surface area contributed by atoms with Crippen LogP contribution in [0.25, 0.3) is 0 Å². The van der Waals surface area contributed by atoms with Gasteiger partial charge in [0.05, 0.1) is 5.69 Å². The molecule has 6 nitrogen and oxygen atoms in total. The fraction of sp³-hybridized carbons (Fsp3) is 0.611. The Morgan fingerprint density at radius 2 is 1.56 bits per heavy atom. The molecule has 0 bridgehead atoms. The van der Waals surface area contributed by atoms with Crippen LogP contribution in [0.5, 0.6) is 0 Å². The highest BCUT2D eigenvalue weighted by Crippen LogP contribution is 2.22. The minimum atomic E-state index is -3.53. The smallest absolute Gasteiger partial charge is 0.303 e. The lowest BCUT2D eigenvalue weighted by atomic mass is 10.1. The molecule has 0 atom stereocenters. The molecule has 1 aromatic rings. The van der Waals surface area contributed by atoms with Crippen LogP contribution < -0.4 is 9.62 Å². The molecule has 0 aliphatic carbocycles. The highest BCUT2D eigenvalue weighted by Gasteiger charge is 2.28. The van der Waals surface area contributed by atoms with Gasteiger partial charge in [0.1, 0.15) is 0 Å². The summed E-state index contributed by atoms with van der Waals surface area (Å²) in [4.78, 5) is 12.2. The second kappa shape index (κ2) is 7.74. The molecule has 0 unspecified atom stereocenters. The molecule has 1 N–H and O–H groups in total. The lowest BCUT2D eigenvalue weighted by molar-refractivity contribution is 0.0919. The Balaban J connectivity index is 2.14. The monoisotopic (exact) mass is 367 g/mol. The third-order valence-electron chi connectivity index (χ3n) is 4.22. The Bertz CT molecular complexity index is 685. The van der Waals surface area contributed by atoms with Crippen molar-refractivity contribution in [3.8, 4) is 0 Å². The van der Waals surface area contributed by atoms with Crippen molar-refractivity contribution in [2.45, 2.75) is 52.0 Å². The van der Waals surface area contributed by atoms with Gasteiger partial charge < -0.3 is 5.32 Å². The second-order valence-corrected chi connectivity index (χ2v) is 9.50. The van der Waals surface area contributed by atoms with Gasteiger partial charge in [-0.25, -0.2) is 0 Å². The number of rotatable bonds is 4. The van der Waals surface area contributed by atoms with Crippen LogP contribution in [0.2, 0.25) is 0 Å². The van der Waals surface area contributed by atoms with E-state index in [1.54, 1.807) is 35.6 Å². The minimum Gasteiger partial charge on any atom is -0.347 e. The van der Waals surface area contributed by atoms with E-state index < -0.39 is 10.2 Å². The van der Waals surface area contributed by atoms with Crippen LogP contribution in [0.1, 0.15) is 56.8 Å². The Labute approximate surface area is 151 Å². The predicted molar refractivity (Wildman–Crippen MR) is 101 cm³/mol. The SMILES string of the molecule is CN(c1ccc(C(=O)NC(C)(C)C)cc1)S(=O)(=O)N1CCCCCC1. The summed E-state index contributed by atoms with van der Waals surface area (Å²) in [6, 6.07) is 6.66. The van der Waals surface area contributed by atoms with Crippen molar-refractivity contribution < 1.29 is 13.2 Å². The Kier molecular flexibility index (Phi) is 6.11. The largest absolute Gasteiger partial charge is 0.347 e. The van der Waals surface area contributed by atoms with Crippen molar-refractivity contribution in [3.63, 3.8) is 0 Å². The number of benzene rings is 1. The molecule has 1 saturated heterocycles.